The summed E-state index contributed by atoms with van der Waals surface area (Å²) in [5.41, 5.74) is 6.13. The molecule has 3 heterocycles. The highest BCUT2D eigenvalue weighted by Crippen LogP contribution is 2.33. The Kier molecular flexibility index (Phi) is 9.20. The van der Waals surface area contributed by atoms with Gasteiger partial charge in [0.2, 0.25) is 15.9 Å². The summed E-state index contributed by atoms with van der Waals surface area (Å²) in [5, 5.41) is 2.91. The maximum Gasteiger partial charge on any atom is 0.573 e. The Morgan fingerprint density at radius 3 is 2.11 bits per heavy atom. The lowest BCUT2D eigenvalue weighted by Crippen LogP contribution is -2.60. The maximum atomic E-state index is 13.7. The minimum atomic E-state index is -5.00. The molecule has 3 N–H and O–H groups in total. The van der Waals surface area contributed by atoms with Gasteiger partial charge in [0.05, 0.1) is 20.7 Å². The van der Waals surface area contributed by atoms with Gasteiger partial charge in [-0.2, -0.15) is 4.31 Å². The van der Waals surface area contributed by atoms with E-state index in [2.05, 4.69) is 24.8 Å². The second kappa shape index (κ2) is 12.8. The number of hydrogen-bond donors (Lipinski definition) is 2. The van der Waals surface area contributed by atoms with Crippen LogP contribution in [0.3, 0.4) is 0 Å². The van der Waals surface area contributed by atoms with E-state index in [1.165, 1.54) is 24.5 Å². The van der Waals surface area contributed by atoms with Gasteiger partial charge >= 0.3 is 12.7 Å². The number of thiazole rings is 1. The normalized spacial score (nSPS) is 16.2. The van der Waals surface area contributed by atoms with Crippen molar-refractivity contribution in [2.75, 3.05) is 24.5 Å². The van der Waals surface area contributed by atoms with Crippen LogP contribution in [0.1, 0.15) is 15.9 Å². The first-order chi connectivity index (χ1) is 22.0. The van der Waals surface area contributed by atoms with E-state index in [1.807, 2.05) is 0 Å². The van der Waals surface area contributed by atoms with Gasteiger partial charge in [-0.15, -0.1) is 26.3 Å². The number of piperazine rings is 1. The summed E-state index contributed by atoms with van der Waals surface area (Å²) in [4.78, 5) is 35.1. The Hall–Kier alpha value is -4.69. The highest BCUT2D eigenvalue weighted by Gasteiger charge is 2.41. The van der Waals surface area contributed by atoms with E-state index >= 15 is 0 Å². The number of carbonyl (C=O) groups excluding carboxylic acids is 2. The van der Waals surface area contributed by atoms with E-state index in [1.54, 1.807) is 4.90 Å². The molecule has 1 aliphatic heterocycles. The molecule has 1 fully saturated rings. The summed E-state index contributed by atoms with van der Waals surface area (Å²) >= 11 is 1.12. The van der Waals surface area contributed by atoms with Gasteiger partial charge in [-0.25, -0.2) is 13.4 Å². The highest BCUT2D eigenvalue weighted by atomic mass is 32.2. The predicted octanol–water partition coefficient (Wildman–Crippen LogP) is 3.78. The van der Waals surface area contributed by atoms with Crippen molar-refractivity contribution in [3.05, 3.63) is 72.1 Å². The van der Waals surface area contributed by atoms with Crippen LogP contribution >= 0.6 is 11.3 Å². The number of pyridine rings is 1. The lowest BCUT2D eigenvalue weighted by Gasteiger charge is -2.39. The molecule has 0 saturated carbocycles. The number of aromatic nitrogens is 2. The van der Waals surface area contributed by atoms with Crippen LogP contribution in [0.25, 0.3) is 10.2 Å². The monoisotopic (exact) mass is 704 g/mol. The van der Waals surface area contributed by atoms with Gasteiger partial charge < -0.3 is 25.4 Å². The lowest BCUT2D eigenvalue weighted by molar-refractivity contribution is -0.275. The number of anilines is 1. The van der Waals surface area contributed by atoms with Crippen LogP contribution in [0.15, 0.2) is 65.8 Å². The van der Waals surface area contributed by atoms with E-state index < -0.39 is 57.0 Å². The number of carbonyl (C=O) groups is 2. The van der Waals surface area contributed by atoms with Crippen molar-refractivity contribution >= 4 is 48.5 Å². The third kappa shape index (κ3) is 8.00. The molecule has 20 heteroatoms. The fourth-order valence-electron chi connectivity index (χ4n) is 4.66. The van der Waals surface area contributed by atoms with Crippen molar-refractivity contribution in [1.29, 1.82) is 0 Å². The number of halogens is 6. The summed E-state index contributed by atoms with van der Waals surface area (Å²) in [6, 6.07) is 6.70. The lowest BCUT2D eigenvalue weighted by atomic mass is 10.1. The van der Waals surface area contributed by atoms with Crippen molar-refractivity contribution < 1.29 is 53.8 Å². The summed E-state index contributed by atoms with van der Waals surface area (Å²) in [5.74, 6) is -2.68. The molecule has 1 saturated heterocycles. The molecule has 1 atom stereocenters. The summed E-state index contributed by atoms with van der Waals surface area (Å²) in [6.45, 7) is -0.675. The fraction of sp³-hybridized carbons (Fsp3) is 0.259. The zero-order valence-corrected chi connectivity index (χ0v) is 25.2. The van der Waals surface area contributed by atoms with E-state index in [0.717, 1.165) is 52.0 Å². The Labute approximate surface area is 265 Å². The van der Waals surface area contributed by atoms with Crippen LogP contribution in [-0.4, -0.2) is 72.9 Å². The number of rotatable bonds is 9. The van der Waals surface area contributed by atoms with Crippen molar-refractivity contribution in [1.82, 2.24) is 19.6 Å². The number of nitrogens with two attached hydrogens (primary N) is 1. The van der Waals surface area contributed by atoms with Gasteiger partial charge in [0.25, 0.3) is 5.91 Å². The number of fused-ring (bicyclic) bond motifs is 1. The Morgan fingerprint density at radius 1 is 0.936 bits per heavy atom. The molecule has 12 nitrogen and oxygen atoms in total. The van der Waals surface area contributed by atoms with Crippen molar-refractivity contribution in [3.8, 4) is 11.5 Å². The largest absolute Gasteiger partial charge is 0.573 e. The van der Waals surface area contributed by atoms with E-state index in [-0.39, 0.29) is 37.3 Å². The first-order valence-corrected chi connectivity index (χ1v) is 15.6. The van der Waals surface area contributed by atoms with Crippen LogP contribution in [0.4, 0.5) is 31.5 Å². The SMILES string of the molecule is NC(=O)c1cncc2sc(N3CCN(S(=O)(=O)c4ccc(OC(F)(F)F)cc4)[C@@H](C(=O)NCc4ccc(OC(F)(F)F)cc4)C3)nc12. The van der Waals surface area contributed by atoms with Crippen LogP contribution in [0.5, 0.6) is 11.5 Å². The van der Waals surface area contributed by atoms with Crippen LogP contribution in [0, 0.1) is 0 Å². The van der Waals surface area contributed by atoms with Crippen LogP contribution in [-0.2, 0) is 21.4 Å². The first kappa shape index (κ1) is 33.7. The molecule has 47 heavy (non-hydrogen) atoms. The van der Waals surface area contributed by atoms with Gasteiger partial charge in [0, 0.05) is 38.6 Å². The third-order valence-electron chi connectivity index (χ3n) is 6.75. The fourth-order valence-corrected chi connectivity index (χ4v) is 7.23. The molecule has 5 rings (SSSR count). The molecule has 2 amide bonds. The molecule has 2 aromatic heterocycles. The number of primary amides is 1. The first-order valence-electron chi connectivity index (χ1n) is 13.3. The molecule has 0 unspecified atom stereocenters. The molecule has 250 valence electrons. The number of alkyl halides is 6. The quantitative estimate of drug-likeness (QED) is 0.248. The Balaban J connectivity index is 1.41. The van der Waals surface area contributed by atoms with Crippen molar-refractivity contribution in [2.24, 2.45) is 5.73 Å². The number of benzene rings is 2. The molecule has 0 radical (unpaired) electrons. The Bertz CT molecular complexity index is 1890. The maximum absolute atomic E-state index is 13.7. The Morgan fingerprint density at radius 2 is 1.53 bits per heavy atom. The zero-order valence-electron chi connectivity index (χ0n) is 23.6. The summed E-state index contributed by atoms with van der Waals surface area (Å²) in [7, 11) is -4.47. The summed E-state index contributed by atoms with van der Waals surface area (Å²) < 4.78 is 112. The van der Waals surface area contributed by atoms with E-state index in [0.29, 0.717) is 15.4 Å². The van der Waals surface area contributed by atoms with Crippen molar-refractivity contribution in [2.45, 2.75) is 30.2 Å². The smallest absolute Gasteiger partial charge is 0.406 e. The predicted molar refractivity (Wildman–Crippen MR) is 154 cm³/mol. The molecule has 4 aromatic rings. The summed E-state index contributed by atoms with van der Waals surface area (Å²) in [6.07, 6.45) is -7.18. The van der Waals surface area contributed by atoms with Crippen molar-refractivity contribution in [3.63, 3.8) is 0 Å². The van der Waals surface area contributed by atoms with Gasteiger partial charge in [-0.1, -0.05) is 23.5 Å². The van der Waals surface area contributed by atoms with Gasteiger partial charge in [0.1, 0.15) is 17.5 Å². The second-order valence-corrected chi connectivity index (χ2v) is 12.8. The van der Waals surface area contributed by atoms with Gasteiger partial charge in [-0.3, -0.25) is 14.6 Å². The van der Waals surface area contributed by atoms with Gasteiger partial charge in [-0.05, 0) is 42.0 Å². The van der Waals surface area contributed by atoms with Gasteiger partial charge in [0.15, 0.2) is 5.13 Å². The number of nitrogens with one attached hydrogen (secondary N) is 1. The van der Waals surface area contributed by atoms with E-state index in [9.17, 15) is 44.3 Å². The molecular weight excluding hydrogens is 682 g/mol. The average Bonchev–Trinajstić information content (AvgIpc) is 3.43. The molecular formula is C27H22F6N6O6S2. The van der Waals surface area contributed by atoms with Crippen LogP contribution < -0.4 is 25.4 Å². The molecule has 2 aromatic carbocycles. The van der Waals surface area contributed by atoms with E-state index in [4.69, 9.17) is 5.73 Å². The number of ether oxygens (including phenoxy) is 2. The number of amides is 2. The minimum absolute atomic E-state index is 0.0259. The number of hydrogen-bond acceptors (Lipinski definition) is 10. The second-order valence-electron chi connectivity index (χ2n) is 9.90. The van der Waals surface area contributed by atoms with Crippen LogP contribution in [0.2, 0.25) is 0 Å². The standard InChI is InChI=1S/C27H22F6N6O6S2/c28-26(29,30)44-16-3-1-15(2-4-16)11-36-24(41)20-14-38(25-37-22-19(23(34)40)12-35-13-21(22)46-25)9-10-39(20)47(42,43)18-7-5-17(6-8-18)45-27(31,32)33/h1-8,12-13,20H,9-11,14H2,(H2,34,40)(H,36,41)/t20-/m1/s1. The third-order valence-corrected chi connectivity index (χ3v) is 9.72. The number of nitrogens with zero attached hydrogens (tertiary/aromatic N) is 4. The molecule has 0 bridgehead atoms. The highest BCUT2D eigenvalue weighted by molar-refractivity contribution is 7.89. The number of sulfonamides is 1. The minimum Gasteiger partial charge on any atom is -0.406 e. The zero-order chi connectivity index (χ0) is 34.1. The topological polar surface area (TPSA) is 157 Å². The molecule has 1 aliphatic rings. The molecule has 0 aliphatic carbocycles. The molecule has 0 spiro atoms. The average molecular weight is 705 g/mol.